The van der Waals surface area contributed by atoms with Crippen LogP contribution in [-0.2, 0) is 4.79 Å². The third kappa shape index (κ3) is 2.08. The van der Waals surface area contributed by atoms with Gasteiger partial charge in [0.25, 0.3) is 0 Å². The smallest absolute Gasteiger partial charge is 0.335 e. The Bertz CT molecular complexity index is 336. The third-order valence-electron chi connectivity index (χ3n) is 1.70. The number of aromatic hydroxyl groups is 1. The van der Waals surface area contributed by atoms with Crippen molar-refractivity contribution in [2.24, 2.45) is 0 Å². The average molecular weight is 178 g/mol. The second-order valence-electron chi connectivity index (χ2n) is 2.55. The van der Waals surface area contributed by atoms with Gasteiger partial charge in [-0.2, -0.15) is 0 Å². The van der Waals surface area contributed by atoms with E-state index in [9.17, 15) is 4.79 Å². The molecule has 0 aliphatic heterocycles. The minimum absolute atomic E-state index is 0.129. The summed E-state index contributed by atoms with van der Waals surface area (Å²) in [6, 6.07) is 6.06. The fourth-order valence-corrected chi connectivity index (χ4v) is 1.05. The van der Waals surface area contributed by atoms with Gasteiger partial charge in [-0.3, -0.25) is 0 Å². The fourth-order valence-electron chi connectivity index (χ4n) is 1.05. The van der Waals surface area contributed by atoms with E-state index in [0.717, 1.165) is 0 Å². The van der Waals surface area contributed by atoms with E-state index in [1.807, 2.05) is 0 Å². The maximum atomic E-state index is 10.7. The lowest BCUT2D eigenvalue weighted by Crippen LogP contribution is -1.98. The summed E-state index contributed by atoms with van der Waals surface area (Å²) in [7, 11) is 0. The Morgan fingerprint density at radius 1 is 1.31 bits per heavy atom. The highest BCUT2D eigenvalue weighted by molar-refractivity contribution is 6.15. The van der Waals surface area contributed by atoms with E-state index in [-0.39, 0.29) is 11.3 Å². The van der Waals surface area contributed by atoms with Crippen molar-refractivity contribution in [3.8, 4) is 5.75 Å². The van der Waals surface area contributed by atoms with Crippen LogP contribution in [0.4, 0.5) is 0 Å². The quantitative estimate of drug-likeness (QED) is 0.680. The lowest BCUT2D eigenvalue weighted by molar-refractivity contribution is -0.130. The van der Waals surface area contributed by atoms with Crippen LogP contribution in [0.1, 0.15) is 12.5 Å². The monoisotopic (exact) mass is 178 g/mol. The number of benzene rings is 1. The summed E-state index contributed by atoms with van der Waals surface area (Å²) < 4.78 is 0. The van der Waals surface area contributed by atoms with E-state index in [0.29, 0.717) is 5.56 Å². The lowest BCUT2D eigenvalue weighted by atomic mass is 10.1. The average Bonchev–Trinajstić information content (AvgIpc) is 2.09. The number of carboxylic acid groups (broad SMARTS) is 1. The molecule has 0 amide bonds. The van der Waals surface area contributed by atoms with Gasteiger partial charge in [-0.25, -0.2) is 4.79 Å². The molecule has 3 nitrogen and oxygen atoms in total. The molecular formula is C10H10O3. The second-order valence-corrected chi connectivity index (χ2v) is 2.55. The molecule has 0 saturated carbocycles. The summed E-state index contributed by atoms with van der Waals surface area (Å²) in [5, 5.41) is 17.7. The van der Waals surface area contributed by atoms with E-state index in [1.54, 1.807) is 19.1 Å². The Hall–Kier alpha value is -1.77. The fraction of sp³-hybridized carbons (Fsp3) is 0.100. The number of hydrogen-bond acceptors (Lipinski definition) is 2. The number of rotatable bonds is 2. The number of aliphatic carboxylic acids is 1. The standard InChI is InChI=1S/C10H10O3/c1-2-9(10(12)13)7-3-5-8(11)6-4-7/h2-6,11H,1H3,(H,12,13). The Kier molecular flexibility index (Phi) is 2.69. The van der Waals surface area contributed by atoms with Crippen molar-refractivity contribution in [1.29, 1.82) is 0 Å². The SMILES string of the molecule is CC=C(C(=O)O)c1ccc(O)cc1. The van der Waals surface area contributed by atoms with E-state index < -0.39 is 5.97 Å². The summed E-state index contributed by atoms with van der Waals surface area (Å²) in [6.45, 7) is 1.66. The number of allylic oxidation sites excluding steroid dienone is 1. The molecule has 0 radical (unpaired) electrons. The largest absolute Gasteiger partial charge is 0.508 e. The van der Waals surface area contributed by atoms with Crippen molar-refractivity contribution in [3.05, 3.63) is 35.9 Å². The van der Waals surface area contributed by atoms with Gasteiger partial charge in [-0.15, -0.1) is 0 Å². The van der Waals surface area contributed by atoms with Crippen LogP contribution in [0.5, 0.6) is 5.75 Å². The first kappa shape index (κ1) is 9.32. The Labute approximate surface area is 76.0 Å². The van der Waals surface area contributed by atoms with Crippen molar-refractivity contribution in [3.63, 3.8) is 0 Å². The minimum Gasteiger partial charge on any atom is -0.508 e. The third-order valence-corrected chi connectivity index (χ3v) is 1.70. The highest BCUT2D eigenvalue weighted by Crippen LogP contribution is 2.17. The van der Waals surface area contributed by atoms with Crippen LogP contribution in [-0.4, -0.2) is 16.2 Å². The highest BCUT2D eigenvalue weighted by atomic mass is 16.4. The predicted octanol–water partition coefficient (Wildman–Crippen LogP) is 1.88. The van der Waals surface area contributed by atoms with Crippen molar-refractivity contribution >= 4 is 11.5 Å². The molecule has 2 N–H and O–H groups in total. The zero-order chi connectivity index (χ0) is 9.84. The number of carbonyl (C=O) groups is 1. The summed E-state index contributed by atoms with van der Waals surface area (Å²) in [6.07, 6.45) is 1.52. The molecule has 13 heavy (non-hydrogen) atoms. The van der Waals surface area contributed by atoms with E-state index in [1.165, 1.54) is 18.2 Å². The lowest BCUT2D eigenvalue weighted by Gasteiger charge is -2.01. The topological polar surface area (TPSA) is 57.5 Å². The highest BCUT2D eigenvalue weighted by Gasteiger charge is 2.07. The molecule has 1 aromatic carbocycles. The number of hydrogen-bond donors (Lipinski definition) is 2. The van der Waals surface area contributed by atoms with Gasteiger partial charge in [0, 0.05) is 0 Å². The molecule has 1 aromatic rings. The molecule has 0 aliphatic rings. The normalized spacial score (nSPS) is 11.3. The molecule has 0 heterocycles. The molecular weight excluding hydrogens is 168 g/mol. The number of phenolic OH excluding ortho intramolecular Hbond substituents is 1. The minimum atomic E-state index is -0.965. The van der Waals surface area contributed by atoms with Gasteiger partial charge in [0.15, 0.2) is 0 Å². The molecule has 1 rings (SSSR count). The second kappa shape index (κ2) is 3.76. The Morgan fingerprint density at radius 2 is 1.85 bits per heavy atom. The van der Waals surface area contributed by atoms with Gasteiger partial charge in [-0.05, 0) is 24.6 Å². The van der Waals surface area contributed by atoms with Crippen LogP contribution in [0, 0.1) is 0 Å². The van der Waals surface area contributed by atoms with E-state index in [2.05, 4.69) is 0 Å². The molecule has 0 aliphatic carbocycles. The van der Waals surface area contributed by atoms with Crippen LogP contribution in [0.3, 0.4) is 0 Å². The molecule has 0 saturated heterocycles. The summed E-state index contributed by atoms with van der Waals surface area (Å²) in [5.41, 5.74) is 0.827. The molecule has 0 spiro atoms. The van der Waals surface area contributed by atoms with E-state index in [4.69, 9.17) is 10.2 Å². The number of carboxylic acids is 1. The number of phenols is 1. The first-order chi connectivity index (χ1) is 6.15. The Balaban J connectivity index is 3.07. The van der Waals surface area contributed by atoms with Gasteiger partial charge in [-0.1, -0.05) is 18.2 Å². The molecule has 0 bridgehead atoms. The summed E-state index contributed by atoms with van der Waals surface area (Å²) >= 11 is 0. The van der Waals surface area contributed by atoms with Crippen LogP contribution in [0.15, 0.2) is 30.3 Å². The first-order valence-corrected chi connectivity index (χ1v) is 3.84. The van der Waals surface area contributed by atoms with Crippen molar-refractivity contribution < 1.29 is 15.0 Å². The van der Waals surface area contributed by atoms with Crippen LogP contribution >= 0.6 is 0 Å². The summed E-state index contributed by atoms with van der Waals surface area (Å²) in [4.78, 5) is 10.7. The van der Waals surface area contributed by atoms with Crippen LogP contribution < -0.4 is 0 Å². The van der Waals surface area contributed by atoms with Gasteiger partial charge in [0.1, 0.15) is 5.75 Å². The van der Waals surface area contributed by atoms with Crippen molar-refractivity contribution in [2.45, 2.75) is 6.92 Å². The van der Waals surface area contributed by atoms with Gasteiger partial charge in [0.05, 0.1) is 5.57 Å². The van der Waals surface area contributed by atoms with Crippen molar-refractivity contribution in [2.75, 3.05) is 0 Å². The zero-order valence-corrected chi connectivity index (χ0v) is 7.19. The maximum absolute atomic E-state index is 10.7. The predicted molar refractivity (Wildman–Crippen MR) is 49.4 cm³/mol. The first-order valence-electron chi connectivity index (χ1n) is 3.84. The molecule has 68 valence electrons. The zero-order valence-electron chi connectivity index (χ0n) is 7.19. The van der Waals surface area contributed by atoms with Crippen LogP contribution in [0.2, 0.25) is 0 Å². The van der Waals surface area contributed by atoms with Gasteiger partial charge in [0.2, 0.25) is 0 Å². The van der Waals surface area contributed by atoms with Crippen molar-refractivity contribution in [1.82, 2.24) is 0 Å². The van der Waals surface area contributed by atoms with Gasteiger partial charge >= 0.3 is 5.97 Å². The summed E-state index contributed by atoms with van der Waals surface area (Å²) in [5.74, 6) is -0.835. The molecule has 0 fully saturated rings. The molecule has 3 heteroatoms. The van der Waals surface area contributed by atoms with E-state index >= 15 is 0 Å². The molecule has 0 aromatic heterocycles. The van der Waals surface area contributed by atoms with Gasteiger partial charge < -0.3 is 10.2 Å². The maximum Gasteiger partial charge on any atom is 0.335 e. The van der Waals surface area contributed by atoms with Crippen LogP contribution in [0.25, 0.3) is 5.57 Å². The molecule has 0 unspecified atom stereocenters. The molecule has 0 atom stereocenters. The Morgan fingerprint density at radius 3 is 2.23 bits per heavy atom.